The van der Waals surface area contributed by atoms with Crippen LogP contribution in [0.2, 0.25) is 0 Å². The van der Waals surface area contributed by atoms with E-state index in [-0.39, 0.29) is 10.8 Å². The summed E-state index contributed by atoms with van der Waals surface area (Å²) in [5.41, 5.74) is 0.748. The zero-order valence-electron chi connectivity index (χ0n) is 13.0. The van der Waals surface area contributed by atoms with Gasteiger partial charge in [-0.25, -0.2) is 12.7 Å². The van der Waals surface area contributed by atoms with E-state index in [4.69, 9.17) is 16.3 Å². The molecule has 0 aromatic heterocycles. The second kappa shape index (κ2) is 7.98. The monoisotopic (exact) mass is 334 g/mol. The summed E-state index contributed by atoms with van der Waals surface area (Å²) in [5, 5.41) is 0. The summed E-state index contributed by atoms with van der Waals surface area (Å²) in [7, 11) is 3.38. The van der Waals surface area contributed by atoms with Crippen LogP contribution in [0.5, 0.6) is 5.75 Å². The predicted octanol–water partition coefficient (Wildman–Crippen LogP) is 2.01. The van der Waals surface area contributed by atoms with Gasteiger partial charge in [0.05, 0.1) is 7.11 Å². The number of hydrogen-bond acceptors (Lipinski definition) is 4. The number of hydrogen-bond donors (Lipinski definition) is 0. The number of halogens is 1. The third-order valence-electron chi connectivity index (χ3n) is 3.15. The number of ether oxygens (including phenoxy) is 1. The van der Waals surface area contributed by atoms with Crippen molar-refractivity contribution in [3.8, 4) is 5.75 Å². The Labute approximate surface area is 132 Å². The van der Waals surface area contributed by atoms with Crippen molar-refractivity contribution in [2.24, 2.45) is 0 Å². The Morgan fingerprint density at radius 2 is 1.86 bits per heavy atom. The van der Waals surface area contributed by atoms with Crippen LogP contribution in [0.4, 0.5) is 0 Å². The van der Waals surface area contributed by atoms with Crippen LogP contribution in [0.15, 0.2) is 23.1 Å². The zero-order valence-corrected chi connectivity index (χ0v) is 14.5. The van der Waals surface area contributed by atoms with E-state index in [1.807, 2.05) is 19.0 Å². The van der Waals surface area contributed by atoms with E-state index in [1.165, 1.54) is 11.4 Å². The van der Waals surface area contributed by atoms with Gasteiger partial charge in [0.15, 0.2) is 0 Å². The molecule has 0 aliphatic rings. The lowest BCUT2D eigenvalue weighted by molar-refractivity contribution is 0.367. The smallest absolute Gasteiger partial charge is 0.246 e. The largest absolute Gasteiger partial charge is 0.495 e. The molecule has 0 N–H and O–H groups in total. The Kier molecular flexibility index (Phi) is 6.93. The van der Waals surface area contributed by atoms with Gasteiger partial charge in [-0.15, -0.1) is 11.6 Å². The summed E-state index contributed by atoms with van der Waals surface area (Å²) < 4.78 is 31.8. The predicted molar refractivity (Wildman–Crippen MR) is 85.5 cm³/mol. The zero-order chi connectivity index (χ0) is 16.0. The summed E-state index contributed by atoms with van der Waals surface area (Å²) in [6.07, 6.45) is 0.764. The molecule has 0 unspecified atom stereocenters. The molecule has 0 bridgehead atoms. The third-order valence-corrected chi connectivity index (χ3v) is 5.34. The molecule has 5 nitrogen and oxygen atoms in total. The molecule has 1 aromatic rings. The van der Waals surface area contributed by atoms with Crippen LogP contribution < -0.4 is 4.74 Å². The van der Waals surface area contributed by atoms with Gasteiger partial charge in [0, 0.05) is 19.5 Å². The minimum Gasteiger partial charge on any atom is -0.495 e. The summed E-state index contributed by atoms with van der Waals surface area (Å²) >= 11 is 5.79. The topological polar surface area (TPSA) is 49.9 Å². The lowest BCUT2D eigenvalue weighted by Crippen LogP contribution is -2.30. The normalized spacial score (nSPS) is 12.1. The second-order valence-electron chi connectivity index (χ2n) is 5.10. The van der Waals surface area contributed by atoms with Crippen LogP contribution in [-0.2, 0) is 15.9 Å². The van der Waals surface area contributed by atoms with Crippen molar-refractivity contribution in [2.45, 2.75) is 17.2 Å². The van der Waals surface area contributed by atoms with Crippen LogP contribution in [0.1, 0.15) is 12.0 Å². The van der Waals surface area contributed by atoms with E-state index < -0.39 is 10.0 Å². The fourth-order valence-corrected chi connectivity index (χ4v) is 3.48. The highest BCUT2D eigenvalue weighted by molar-refractivity contribution is 7.89. The molecule has 120 valence electrons. The molecule has 0 aliphatic heterocycles. The molecular formula is C14H23ClN2O3S. The SMILES string of the molecule is COc1ccc(CCl)cc1S(=O)(=O)N(C)CCCN(C)C. The van der Waals surface area contributed by atoms with Crippen molar-refractivity contribution in [2.75, 3.05) is 41.3 Å². The van der Waals surface area contributed by atoms with Crippen LogP contribution in [-0.4, -0.2) is 59.0 Å². The van der Waals surface area contributed by atoms with Crippen molar-refractivity contribution < 1.29 is 13.2 Å². The molecule has 0 saturated heterocycles. The van der Waals surface area contributed by atoms with Crippen molar-refractivity contribution in [1.82, 2.24) is 9.21 Å². The molecule has 0 saturated carbocycles. The van der Waals surface area contributed by atoms with Gasteiger partial charge in [0.1, 0.15) is 10.6 Å². The van der Waals surface area contributed by atoms with Crippen molar-refractivity contribution in [3.63, 3.8) is 0 Å². The highest BCUT2D eigenvalue weighted by Gasteiger charge is 2.24. The first-order chi connectivity index (χ1) is 9.82. The number of rotatable bonds is 8. The first-order valence-corrected chi connectivity index (χ1v) is 8.64. The number of methoxy groups -OCH3 is 1. The van der Waals surface area contributed by atoms with Gasteiger partial charge < -0.3 is 9.64 Å². The standard InChI is InChI=1S/C14H23ClN2O3S/c1-16(2)8-5-9-17(3)21(18,19)14-10-12(11-15)6-7-13(14)20-4/h6-7,10H,5,8-9,11H2,1-4H3. The average molecular weight is 335 g/mol. The van der Waals surface area contributed by atoms with E-state index in [9.17, 15) is 8.42 Å². The number of benzene rings is 1. The third kappa shape index (κ3) is 4.85. The van der Waals surface area contributed by atoms with Crippen LogP contribution >= 0.6 is 11.6 Å². The quantitative estimate of drug-likeness (QED) is 0.682. The Morgan fingerprint density at radius 1 is 1.19 bits per heavy atom. The highest BCUT2D eigenvalue weighted by atomic mass is 35.5. The summed E-state index contributed by atoms with van der Waals surface area (Å²) in [5.74, 6) is 0.597. The molecule has 0 aliphatic carbocycles. The van der Waals surface area contributed by atoms with Crippen LogP contribution in [0.25, 0.3) is 0 Å². The van der Waals surface area contributed by atoms with Gasteiger partial charge in [-0.2, -0.15) is 0 Å². The Bertz CT molecular complexity index is 561. The van der Waals surface area contributed by atoms with Gasteiger partial charge in [-0.3, -0.25) is 0 Å². The van der Waals surface area contributed by atoms with Gasteiger partial charge in [-0.1, -0.05) is 6.07 Å². The second-order valence-corrected chi connectivity index (χ2v) is 7.38. The maximum absolute atomic E-state index is 12.6. The molecule has 0 atom stereocenters. The maximum Gasteiger partial charge on any atom is 0.246 e. The highest BCUT2D eigenvalue weighted by Crippen LogP contribution is 2.28. The van der Waals surface area contributed by atoms with Gasteiger partial charge >= 0.3 is 0 Å². The Hall–Kier alpha value is -0.820. The molecule has 0 spiro atoms. The molecule has 0 fully saturated rings. The molecule has 0 amide bonds. The van der Waals surface area contributed by atoms with Crippen molar-refractivity contribution in [1.29, 1.82) is 0 Å². The summed E-state index contributed by atoms with van der Waals surface area (Å²) in [6, 6.07) is 4.97. The summed E-state index contributed by atoms with van der Waals surface area (Å²) in [6.45, 7) is 1.29. The molecule has 1 aromatic carbocycles. The molecule has 7 heteroatoms. The molecule has 1 rings (SSSR count). The van der Waals surface area contributed by atoms with Gasteiger partial charge in [-0.05, 0) is 44.8 Å². The van der Waals surface area contributed by atoms with Crippen molar-refractivity contribution in [3.05, 3.63) is 23.8 Å². The number of sulfonamides is 1. The molecule has 0 heterocycles. The summed E-state index contributed by atoms with van der Waals surface area (Å²) in [4.78, 5) is 2.19. The minimum atomic E-state index is -3.58. The lowest BCUT2D eigenvalue weighted by atomic mass is 10.2. The van der Waals surface area contributed by atoms with E-state index in [2.05, 4.69) is 0 Å². The van der Waals surface area contributed by atoms with Crippen LogP contribution in [0, 0.1) is 0 Å². The number of alkyl halides is 1. The molecule has 0 radical (unpaired) electrons. The molecule has 21 heavy (non-hydrogen) atoms. The number of nitrogens with zero attached hydrogens (tertiary/aromatic N) is 2. The van der Waals surface area contributed by atoms with E-state index in [0.717, 1.165) is 18.5 Å². The van der Waals surface area contributed by atoms with E-state index in [0.29, 0.717) is 12.3 Å². The Balaban J connectivity index is 3.00. The molecular weight excluding hydrogens is 312 g/mol. The van der Waals surface area contributed by atoms with Crippen molar-refractivity contribution >= 4 is 21.6 Å². The van der Waals surface area contributed by atoms with Gasteiger partial charge in [0.25, 0.3) is 0 Å². The first kappa shape index (κ1) is 18.2. The lowest BCUT2D eigenvalue weighted by Gasteiger charge is -2.20. The Morgan fingerprint density at radius 3 is 2.38 bits per heavy atom. The fraction of sp³-hybridized carbons (Fsp3) is 0.571. The van der Waals surface area contributed by atoms with Gasteiger partial charge in [0.2, 0.25) is 10.0 Å². The fourth-order valence-electron chi connectivity index (χ4n) is 1.90. The average Bonchev–Trinajstić information content (AvgIpc) is 2.45. The maximum atomic E-state index is 12.6. The first-order valence-electron chi connectivity index (χ1n) is 6.67. The van der Waals surface area contributed by atoms with Crippen LogP contribution in [0.3, 0.4) is 0 Å². The van der Waals surface area contributed by atoms with E-state index in [1.54, 1.807) is 25.2 Å². The minimum absolute atomic E-state index is 0.163. The van der Waals surface area contributed by atoms with E-state index >= 15 is 0 Å².